The molecule has 1 aliphatic carbocycles. The van der Waals surface area contributed by atoms with Crippen molar-refractivity contribution >= 4 is 5.69 Å². The first kappa shape index (κ1) is 18.7. The Morgan fingerprint density at radius 1 is 1.08 bits per heavy atom. The van der Waals surface area contributed by atoms with E-state index < -0.39 is 0 Å². The lowest BCUT2D eigenvalue weighted by Gasteiger charge is -2.31. The number of hydrogen-bond donors (Lipinski definition) is 0. The van der Waals surface area contributed by atoms with Gasteiger partial charge >= 0.3 is 0 Å². The van der Waals surface area contributed by atoms with E-state index in [4.69, 9.17) is 9.47 Å². The fraction of sp³-hybridized carbons (Fsp3) is 0.714. The maximum atomic E-state index is 5.88. The van der Waals surface area contributed by atoms with Gasteiger partial charge in [-0.15, -0.1) is 0 Å². The summed E-state index contributed by atoms with van der Waals surface area (Å²) < 4.78 is 11.0. The average Bonchev–Trinajstić information content (AvgIpc) is 2.97. The number of hydrogen-bond acceptors (Lipinski definition) is 4. The third-order valence-corrected chi connectivity index (χ3v) is 5.99. The summed E-state index contributed by atoms with van der Waals surface area (Å²) in [5, 5.41) is 0. The Balaban J connectivity index is 1.65. The van der Waals surface area contributed by atoms with Gasteiger partial charge in [-0.1, -0.05) is 25.0 Å². The third kappa shape index (κ3) is 4.75. The lowest BCUT2D eigenvalue weighted by Crippen LogP contribution is -2.37. The molecule has 1 aromatic rings. The van der Waals surface area contributed by atoms with E-state index in [-0.39, 0.29) is 0 Å². The first-order valence-electron chi connectivity index (χ1n) is 9.76. The number of ether oxygens (including phenoxy) is 2. The lowest BCUT2D eigenvalue weighted by molar-refractivity contribution is -0.00574. The first-order chi connectivity index (χ1) is 12.2. The molecule has 0 N–H and O–H groups in total. The Bertz CT molecular complexity index is 517. The molecule has 3 rings (SSSR count). The summed E-state index contributed by atoms with van der Waals surface area (Å²) in [6, 6.07) is 9.70. The van der Waals surface area contributed by atoms with E-state index in [1.54, 1.807) is 7.11 Å². The summed E-state index contributed by atoms with van der Waals surface area (Å²) in [6.07, 6.45) is 6.73. The standard InChI is InChI=1S/C21H34N2O2/c1-22(2)19-10-8-17(9-11-19)14-21-20-7-5-4-6-18(20)15-23(21)16-25-13-12-24-3/h8-11,18,20-21H,4-7,12-16H2,1-3H3. The van der Waals surface area contributed by atoms with Crippen LogP contribution in [0.5, 0.6) is 0 Å². The molecule has 3 atom stereocenters. The van der Waals surface area contributed by atoms with Crippen LogP contribution in [0.2, 0.25) is 0 Å². The molecular formula is C21H34N2O2. The SMILES string of the molecule is COCCOCN1CC2CCCCC2C1Cc1ccc(N(C)C)cc1. The van der Waals surface area contributed by atoms with Gasteiger partial charge in [0.1, 0.15) is 0 Å². The quantitative estimate of drug-likeness (QED) is 0.674. The molecule has 1 aliphatic heterocycles. The number of methoxy groups -OCH3 is 1. The smallest absolute Gasteiger partial charge is 0.0994 e. The van der Waals surface area contributed by atoms with Gasteiger partial charge in [-0.05, 0) is 48.8 Å². The number of fused-ring (bicyclic) bond motifs is 1. The van der Waals surface area contributed by atoms with Gasteiger partial charge in [0.2, 0.25) is 0 Å². The van der Waals surface area contributed by atoms with Gasteiger partial charge in [0.15, 0.2) is 0 Å². The Morgan fingerprint density at radius 2 is 1.84 bits per heavy atom. The molecule has 1 heterocycles. The fourth-order valence-electron chi connectivity index (χ4n) is 4.60. The normalized spacial score (nSPS) is 26.6. The Hall–Kier alpha value is -1.10. The molecule has 4 nitrogen and oxygen atoms in total. The zero-order chi connectivity index (χ0) is 17.6. The average molecular weight is 347 g/mol. The van der Waals surface area contributed by atoms with Crippen LogP contribution < -0.4 is 4.90 Å². The van der Waals surface area contributed by atoms with Crippen LogP contribution in [0.25, 0.3) is 0 Å². The van der Waals surface area contributed by atoms with Crippen molar-refractivity contribution < 1.29 is 9.47 Å². The van der Waals surface area contributed by atoms with Gasteiger partial charge in [-0.3, -0.25) is 4.90 Å². The van der Waals surface area contributed by atoms with Gasteiger partial charge in [-0.2, -0.15) is 0 Å². The van der Waals surface area contributed by atoms with Gasteiger partial charge < -0.3 is 14.4 Å². The van der Waals surface area contributed by atoms with E-state index in [0.717, 1.165) is 25.0 Å². The first-order valence-corrected chi connectivity index (χ1v) is 9.76. The van der Waals surface area contributed by atoms with Crippen LogP contribution in [-0.2, 0) is 15.9 Å². The van der Waals surface area contributed by atoms with E-state index in [9.17, 15) is 0 Å². The van der Waals surface area contributed by atoms with Crippen LogP contribution in [-0.4, -0.2) is 58.6 Å². The van der Waals surface area contributed by atoms with Crippen LogP contribution in [0.3, 0.4) is 0 Å². The molecule has 1 saturated carbocycles. The predicted octanol–water partition coefficient (Wildman–Crippen LogP) is 3.41. The molecule has 0 bridgehead atoms. The van der Waals surface area contributed by atoms with Gasteiger partial charge in [0.25, 0.3) is 0 Å². The number of likely N-dealkylation sites (tertiary alicyclic amines) is 1. The molecule has 0 aromatic heterocycles. The minimum absolute atomic E-state index is 0.623. The van der Waals surface area contributed by atoms with E-state index in [2.05, 4.69) is 48.2 Å². The molecule has 4 heteroatoms. The highest BCUT2D eigenvalue weighted by Crippen LogP contribution is 2.41. The van der Waals surface area contributed by atoms with Gasteiger partial charge in [0, 0.05) is 39.5 Å². The topological polar surface area (TPSA) is 24.9 Å². The molecule has 2 aliphatic rings. The molecule has 2 fully saturated rings. The highest BCUT2D eigenvalue weighted by Gasteiger charge is 2.42. The Morgan fingerprint density at radius 3 is 2.56 bits per heavy atom. The van der Waals surface area contributed by atoms with Crippen molar-refractivity contribution in [1.29, 1.82) is 0 Å². The summed E-state index contributed by atoms with van der Waals surface area (Å²) in [6.45, 7) is 3.32. The van der Waals surface area contributed by atoms with Gasteiger partial charge in [-0.25, -0.2) is 0 Å². The second-order valence-electron chi connectivity index (χ2n) is 7.84. The van der Waals surface area contributed by atoms with Crippen LogP contribution in [0, 0.1) is 11.8 Å². The number of benzene rings is 1. The van der Waals surface area contributed by atoms with Crippen molar-refractivity contribution in [2.24, 2.45) is 11.8 Å². The van der Waals surface area contributed by atoms with Crippen LogP contribution >= 0.6 is 0 Å². The van der Waals surface area contributed by atoms with E-state index in [0.29, 0.717) is 19.3 Å². The summed E-state index contributed by atoms with van der Waals surface area (Å²) >= 11 is 0. The second kappa shape index (κ2) is 9.02. The Labute approximate surface area is 153 Å². The molecule has 140 valence electrons. The third-order valence-electron chi connectivity index (χ3n) is 5.99. The zero-order valence-corrected chi connectivity index (χ0v) is 16.1. The predicted molar refractivity (Wildman–Crippen MR) is 103 cm³/mol. The maximum absolute atomic E-state index is 5.88. The second-order valence-corrected chi connectivity index (χ2v) is 7.84. The maximum Gasteiger partial charge on any atom is 0.0994 e. The molecule has 3 unspecified atom stereocenters. The molecule has 1 aromatic carbocycles. The molecule has 0 radical (unpaired) electrons. The van der Waals surface area contributed by atoms with E-state index in [1.165, 1.54) is 43.5 Å². The Kier molecular flexibility index (Phi) is 6.74. The largest absolute Gasteiger partial charge is 0.382 e. The minimum atomic E-state index is 0.623. The van der Waals surface area contributed by atoms with Crippen molar-refractivity contribution in [2.45, 2.75) is 38.1 Å². The number of anilines is 1. The van der Waals surface area contributed by atoms with Crippen LogP contribution in [0.1, 0.15) is 31.2 Å². The molecule has 0 spiro atoms. The molecular weight excluding hydrogens is 312 g/mol. The number of nitrogens with zero attached hydrogens (tertiary/aromatic N) is 2. The monoisotopic (exact) mass is 346 g/mol. The summed E-state index contributed by atoms with van der Waals surface area (Å²) in [7, 11) is 5.92. The zero-order valence-electron chi connectivity index (χ0n) is 16.1. The van der Waals surface area contributed by atoms with Crippen LogP contribution in [0.15, 0.2) is 24.3 Å². The van der Waals surface area contributed by atoms with E-state index >= 15 is 0 Å². The van der Waals surface area contributed by atoms with Crippen molar-refractivity contribution in [2.75, 3.05) is 52.6 Å². The number of rotatable bonds is 8. The van der Waals surface area contributed by atoms with Gasteiger partial charge in [0.05, 0.1) is 19.9 Å². The van der Waals surface area contributed by atoms with Crippen molar-refractivity contribution in [3.63, 3.8) is 0 Å². The van der Waals surface area contributed by atoms with Crippen molar-refractivity contribution in [1.82, 2.24) is 4.90 Å². The van der Waals surface area contributed by atoms with Crippen molar-refractivity contribution in [3.05, 3.63) is 29.8 Å². The summed E-state index contributed by atoms with van der Waals surface area (Å²) in [5.74, 6) is 1.71. The lowest BCUT2D eigenvalue weighted by atomic mass is 9.77. The van der Waals surface area contributed by atoms with Crippen molar-refractivity contribution in [3.8, 4) is 0 Å². The fourth-order valence-corrected chi connectivity index (χ4v) is 4.60. The van der Waals surface area contributed by atoms with E-state index in [1.807, 2.05) is 0 Å². The highest BCUT2D eigenvalue weighted by molar-refractivity contribution is 5.46. The summed E-state index contributed by atoms with van der Waals surface area (Å²) in [4.78, 5) is 4.75. The highest BCUT2D eigenvalue weighted by atomic mass is 16.5. The molecule has 25 heavy (non-hydrogen) atoms. The summed E-state index contributed by atoms with van der Waals surface area (Å²) in [5.41, 5.74) is 2.72. The molecule has 0 amide bonds. The van der Waals surface area contributed by atoms with Crippen LogP contribution in [0.4, 0.5) is 5.69 Å². The minimum Gasteiger partial charge on any atom is -0.382 e. The molecule has 1 saturated heterocycles.